The number of aliphatic imine (C=N–C) groups is 1. The minimum Gasteiger partial charge on any atom is -0.368 e. The Kier molecular flexibility index (Phi) is 10.3. The number of hydrogen-bond donors (Lipinski definition) is 2. The van der Waals surface area contributed by atoms with Gasteiger partial charge in [0.1, 0.15) is 6.54 Å². The van der Waals surface area contributed by atoms with Crippen LogP contribution in [0.1, 0.15) is 11.8 Å². The summed E-state index contributed by atoms with van der Waals surface area (Å²) in [5, 5.41) is 8.61. The van der Waals surface area contributed by atoms with E-state index in [1.807, 2.05) is 17.9 Å². The summed E-state index contributed by atoms with van der Waals surface area (Å²) >= 11 is 1.76. The fraction of sp³-hybridized carbons (Fsp3) is 0.429. The lowest BCUT2D eigenvalue weighted by molar-refractivity contribution is -0.129. The van der Waals surface area contributed by atoms with E-state index in [1.165, 1.54) is 10.6 Å². The fourth-order valence-corrected chi connectivity index (χ4v) is 3.91. The van der Waals surface area contributed by atoms with Crippen LogP contribution in [0.2, 0.25) is 0 Å². The van der Waals surface area contributed by atoms with Crippen molar-refractivity contribution in [2.45, 2.75) is 13.3 Å². The van der Waals surface area contributed by atoms with Crippen LogP contribution in [-0.2, 0) is 11.2 Å². The highest BCUT2D eigenvalue weighted by molar-refractivity contribution is 14.0. The summed E-state index contributed by atoms with van der Waals surface area (Å²) in [6.07, 6.45) is 0.956. The standard InChI is InChI=1S/C21H29N5OS.HI/c1-2-22-21(23-11-10-19-9-6-16-28-19)24-17-20(27)26-14-12-25(13-15-26)18-7-4-3-5-8-18;/h3-9,16H,2,10-15,17H2,1H3,(H2,22,23,24);1H. The van der Waals surface area contributed by atoms with Crippen molar-refractivity contribution in [1.82, 2.24) is 15.5 Å². The van der Waals surface area contributed by atoms with Crippen molar-refractivity contribution in [3.05, 3.63) is 52.7 Å². The van der Waals surface area contributed by atoms with E-state index in [4.69, 9.17) is 0 Å². The number of thiophene rings is 1. The van der Waals surface area contributed by atoms with E-state index in [1.54, 1.807) is 11.3 Å². The number of anilines is 1. The van der Waals surface area contributed by atoms with E-state index in [-0.39, 0.29) is 36.4 Å². The number of carbonyl (C=O) groups excluding carboxylic acids is 1. The van der Waals surface area contributed by atoms with Gasteiger partial charge < -0.3 is 20.4 Å². The number of amides is 1. The van der Waals surface area contributed by atoms with Gasteiger partial charge in [-0.1, -0.05) is 24.3 Å². The maximum atomic E-state index is 12.6. The van der Waals surface area contributed by atoms with Crippen molar-refractivity contribution >= 4 is 52.9 Å². The summed E-state index contributed by atoms with van der Waals surface area (Å²) in [7, 11) is 0. The largest absolute Gasteiger partial charge is 0.368 e. The number of rotatable bonds is 7. The monoisotopic (exact) mass is 527 g/mol. The number of piperazine rings is 1. The topological polar surface area (TPSA) is 60.0 Å². The minimum atomic E-state index is 0. The zero-order valence-corrected chi connectivity index (χ0v) is 20.0. The summed E-state index contributed by atoms with van der Waals surface area (Å²) in [6, 6.07) is 14.6. The Labute approximate surface area is 194 Å². The number of carbonyl (C=O) groups is 1. The molecule has 8 heteroatoms. The Hall–Kier alpha value is -1.81. The Morgan fingerprint density at radius 1 is 1.07 bits per heavy atom. The van der Waals surface area contributed by atoms with Crippen molar-refractivity contribution in [3.8, 4) is 0 Å². The van der Waals surface area contributed by atoms with E-state index in [2.05, 4.69) is 62.3 Å². The normalized spacial score (nSPS) is 14.3. The Bertz CT molecular complexity index is 746. The van der Waals surface area contributed by atoms with E-state index in [0.29, 0.717) is 5.96 Å². The molecular formula is C21H30IN5OS. The lowest BCUT2D eigenvalue weighted by atomic mass is 10.2. The second-order valence-electron chi connectivity index (χ2n) is 6.65. The molecular weight excluding hydrogens is 497 g/mol. The molecule has 29 heavy (non-hydrogen) atoms. The van der Waals surface area contributed by atoms with E-state index in [0.717, 1.165) is 45.7 Å². The van der Waals surface area contributed by atoms with Crippen LogP contribution in [0, 0.1) is 0 Å². The van der Waals surface area contributed by atoms with Crippen molar-refractivity contribution in [3.63, 3.8) is 0 Å². The first-order valence-corrected chi connectivity index (χ1v) is 10.8. The van der Waals surface area contributed by atoms with Gasteiger partial charge in [0, 0.05) is 49.8 Å². The molecule has 0 aliphatic carbocycles. The van der Waals surface area contributed by atoms with Crippen molar-refractivity contribution in [1.29, 1.82) is 0 Å². The molecule has 2 heterocycles. The molecule has 0 unspecified atom stereocenters. The van der Waals surface area contributed by atoms with E-state index in [9.17, 15) is 4.79 Å². The molecule has 1 saturated heterocycles. The van der Waals surface area contributed by atoms with E-state index < -0.39 is 0 Å². The van der Waals surface area contributed by atoms with Crippen molar-refractivity contribution in [2.24, 2.45) is 4.99 Å². The van der Waals surface area contributed by atoms with Crippen molar-refractivity contribution < 1.29 is 4.79 Å². The molecule has 0 spiro atoms. The third kappa shape index (κ3) is 7.50. The molecule has 1 aromatic carbocycles. The molecule has 0 bridgehead atoms. The number of guanidine groups is 1. The predicted octanol–water partition coefficient (Wildman–Crippen LogP) is 2.81. The van der Waals surface area contributed by atoms with Gasteiger partial charge in [0.05, 0.1) is 0 Å². The molecule has 2 N–H and O–H groups in total. The van der Waals surface area contributed by atoms with Crippen LogP contribution in [0.25, 0.3) is 0 Å². The van der Waals surface area contributed by atoms with Gasteiger partial charge in [-0.25, -0.2) is 4.99 Å². The molecule has 0 radical (unpaired) electrons. The Balaban J connectivity index is 0.00000300. The van der Waals surface area contributed by atoms with Crippen LogP contribution < -0.4 is 15.5 Å². The van der Waals surface area contributed by atoms with Crippen LogP contribution >= 0.6 is 35.3 Å². The van der Waals surface area contributed by atoms with Gasteiger partial charge in [-0.2, -0.15) is 0 Å². The van der Waals surface area contributed by atoms with Crippen LogP contribution in [-0.4, -0.2) is 62.6 Å². The molecule has 6 nitrogen and oxygen atoms in total. The lowest BCUT2D eigenvalue weighted by Gasteiger charge is -2.36. The first-order valence-electron chi connectivity index (χ1n) is 9.88. The second-order valence-corrected chi connectivity index (χ2v) is 7.69. The minimum absolute atomic E-state index is 0. The summed E-state index contributed by atoms with van der Waals surface area (Å²) < 4.78 is 0. The fourth-order valence-electron chi connectivity index (χ4n) is 3.20. The van der Waals surface area contributed by atoms with Gasteiger partial charge >= 0.3 is 0 Å². The molecule has 1 aliphatic heterocycles. The second kappa shape index (κ2) is 12.7. The van der Waals surface area contributed by atoms with Crippen LogP contribution in [0.4, 0.5) is 5.69 Å². The molecule has 1 amide bonds. The molecule has 1 fully saturated rings. The van der Waals surface area contributed by atoms with E-state index >= 15 is 0 Å². The number of benzene rings is 1. The molecule has 1 aromatic heterocycles. The molecule has 1 aliphatic rings. The van der Waals surface area contributed by atoms with Gasteiger partial charge in [0.25, 0.3) is 0 Å². The molecule has 0 saturated carbocycles. The van der Waals surface area contributed by atoms with Crippen LogP contribution in [0.15, 0.2) is 52.8 Å². The first kappa shape index (κ1) is 23.5. The molecule has 3 rings (SSSR count). The van der Waals surface area contributed by atoms with Gasteiger partial charge in [-0.05, 0) is 36.9 Å². The number of nitrogens with one attached hydrogen (secondary N) is 2. The van der Waals surface area contributed by atoms with Gasteiger partial charge in [-0.15, -0.1) is 35.3 Å². The average Bonchev–Trinajstić information content (AvgIpc) is 3.26. The van der Waals surface area contributed by atoms with Crippen LogP contribution in [0.5, 0.6) is 0 Å². The summed E-state index contributed by atoms with van der Waals surface area (Å²) in [5.74, 6) is 0.790. The maximum absolute atomic E-state index is 12.6. The highest BCUT2D eigenvalue weighted by Gasteiger charge is 2.20. The number of nitrogens with zero attached hydrogens (tertiary/aromatic N) is 3. The summed E-state index contributed by atoms with van der Waals surface area (Å²) in [4.78, 5) is 22.6. The molecule has 0 atom stereocenters. The quantitative estimate of drug-likeness (QED) is 0.331. The Morgan fingerprint density at radius 2 is 1.83 bits per heavy atom. The number of para-hydroxylation sites is 1. The van der Waals surface area contributed by atoms with Crippen molar-refractivity contribution in [2.75, 3.05) is 50.7 Å². The van der Waals surface area contributed by atoms with Crippen LogP contribution in [0.3, 0.4) is 0 Å². The lowest BCUT2D eigenvalue weighted by Crippen LogP contribution is -2.49. The zero-order valence-electron chi connectivity index (χ0n) is 16.8. The van der Waals surface area contributed by atoms with Gasteiger partial charge in [0.15, 0.2) is 5.96 Å². The first-order chi connectivity index (χ1) is 13.8. The predicted molar refractivity (Wildman–Crippen MR) is 133 cm³/mol. The summed E-state index contributed by atoms with van der Waals surface area (Å²) in [5.41, 5.74) is 1.22. The Morgan fingerprint density at radius 3 is 2.48 bits per heavy atom. The molecule has 158 valence electrons. The van der Waals surface area contributed by atoms with Gasteiger partial charge in [0.2, 0.25) is 5.91 Å². The number of halogens is 1. The highest BCUT2D eigenvalue weighted by atomic mass is 127. The van der Waals surface area contributed by atoms with Gasteiger partial charge in [-0.3, -0.25) is 4.79 Å². The smallest absolute Gasteiger partial charge is 0.244 e. The maximum Gasteiger partial charge on any atom is 0.244 e. The number of hydrogen-bond acceptors (Lipinski definition) is 4. The SMILES string of the molecule is CCNC(=NCC(=O)N1CCN(c2ccccc2)CC1)NCCc1cccs1.I. The highest BCUT2D eigenvalue weighted by Crippen LogP contribution is 2.15. The summed E-state index contributed by atoms with van der Waals surface area (Å²) in [6.45, 7) is 6.99. The average molecular weight is 527 g/mol. The third-order valence-electron chi connectivity index (χ3n) is 4.71. The zero-order chi connectivity index (χ0) is 19.6. The third-order valence-corrected chi connectivity index (χ3v) is 5.65. The molecule has 2 aromatic rings.